The second kappa shape index (κ2) is 6.70. The van der Waals surface area contributed by atoms with Gasteiger partial charge in [0.05, 0.1) is 5.52 Å². The number of fused-ring (bicyclic) bond motifs is 1. The van der Waals surface area contributed by atoms with Gasteiger partial charge in [0.1, 0.15) is 0 Å². The van der Waals surface area contributed by atoms with Gasteiger partial charge in [-0.05, 0) is 12.1 Å². The Morgan fingerprint density at radius 3 is 2.15 bits per heavy atom. The lowest BCUT2D eigenvalue weighted by Gasteiger charge is -1.91. The van der Waals surface area contributed by atoms with E-state index in [2.05, 4.69) is 17.1 Å². The second-order valence-electron chi connectivity index (χ2n) is 2.20. The summed E-state index contributed by atoms with van der Waals surface area (Å²) in [6, 6.07) is 12.1. The summed E-state index contributed by atoms with van der Waals surface area (Å²) in [6.07, 6.45) is 1.81. The van der Waals surface area contributed by atoms with Crippen molar-refractivity contribution in [1.82, 2.24) is 4.98 Å². The van der Waals surface area contributed by atoms with E-state index in [4.69, 9.17) is 0 Å². The zero-order valence-corrected chi connectivity index (χ0v) is 7.94. The van der Waals surface area contributed by atoms with Gasteiger partial charge in [0.2, 0.25) is 0 Å². The van der Waals surface area contributed by atoms with E-state index in [-0.39, 0.29) is 32.2 Å². The van der Waals surface area contributed by atoms with Crippen LogP contribution in [-0.4, -0.2) is 4.98 Å². The Labute approximate surface area is 91.0 Å². The quantitative estimate of drug-likeness (QED) is 0.656. The van der Waals surface area contributed by atoms with E-state index in [1.807, 2.05) is 30.5 Å². The summed E-state index contributed by atoms with van der Waals surface area (Å²) in [7, 11) is 0. The fourth-order valence-electron chi connectivity index (χ4n) is 1.02. The van der Waals surface area contributed by atoms with Crippen LogP contribution >= 0.6 is 24.8 Å². The molecule has 13 heavy (non-hydrogen) atoms. The Hall–Kier alpha value is -0.790. The van der Waals surface area contributed by atoms with E-state index in [1.165, 1.54) is 5.39 Å². The molecule has 0 unspecified atom stereocenters. The summed E-state index contributed by atoms with van der Waals surface area (Å²) in [5.41, 5.74) is 1.06. The molecule has 0 saturated heterocycles. The van der Waals surface area contributed by atoms with E-state index in [0.717, 1.165) is 5.52 Å². The lowest BCUT2D eigenvalue weighted by atomic mass is 10.2. The normalized spacial score (nSPS) is 7.69. The molecule has 0 spiro atoms. The summed E-state index contributed by atoms with van der Waals surface area (Å²) >= 11 is 0. The highest BCUT2D eigenvalue weighted by atomic mass is 35.5. The van der Waals surface area contributed by atoms with Crippen molar-refractivity contribution in [3.05, 3.63) is 42.6 Å². The Bertz CT molecular complexity index is 284. The summed E-state index contributed by atoms with van der Waals surface area (Å²) in [6.45, 7) is 0. The first-order chi connectivity index (χ1) is 4.97. The molecule has 3 heteroatoms. The van der Waals surface area contributed by atoms with E-state index in [9.17, 15) is 0 Å². The molecule has 0 atom stereocenters. The van der Waals surface area contributed by atoms with Crippen LogP contribution in [0.25, 0.3) is 10.9 Å². The van der Waals surface area contributed by atoms with Crippen molar-refractivity contribution in [3.63, 3.8) is 0 Å². The molecule has 1 nitrogen and oxygen atoms in total. The SMILES string of the molecule is C.Cl.Cl.c1ccc2ncccc2c1. The molecule has 0 radical (unpaired) electrons. The number of nitrogens with zero attached hydrogens (tertiary/aromatic N) is 1. The van der Waals surface area contributed by atoms with E-state index in [0.29, 0.717) is 0 Å². The predicted octanol–water partition coefficient (Wildman–Crippen LogP) is 3.71. The van der Waals surface area contributed by atoms with Crippen LogP contribution in [0.15, 0.2) is 42.6 Å². The van der Waals surface area contributed by atoms with Crippen LogP contribution in [0, 0.1) is 0 Å². The standard InChI is InChI=1S/C9H7N.CH4.2ClH/c1-2-6-9-8(4-1)5-3-7-10-9;;;/h1-7H;1H4;2*1H. The van der Waals surface area contributed by atoms with Crippen LogP contribution in [0.3, 0.4) is 0 Å². The van der Waals surface area contributed by atoms with Crippen LogP contribution in [0.4, 0.5) is 0 Å². The van der Waals surface area contributed by atoms with Crippen LogP contribution in [0.2, 0.25) is 0 Å². The van der Waals surface area contributed by atoms with Gasteiger partial charge in [-0.15, -0.1) is 24.8 Å². The predicted molar refractivity (Wildman–Crippen MR) is 63.0 cm³/mol. The third-order valence-electron chi connectivity index (χ3n) is 1.51. The monoisotopic (exact) mass is 217 g/mol. The zero-order valence-electron chi connectivity index (χ0n) is 6.31. The third-order valence-corrected chi connectivity index (χ3v) is 1.51. The number of benzene rings is 1. The van der Waals surface area contributed by atoms with Gasteiger partial charge in [-0.1, -0.05) is 31.7 Å². The molecular formula is C10H13Cl2N. The number of para-hydroxylation sites is 1. The Kier molecular flexibility index (Phi) is 7.58. The maximum atomic E-state index is 4.18. The topological polar surface area (TPSA) is 12.9 Å². The molecule has 0 fully saturated rings. The number of halogens is 2. The molecule has 2 aromatic rings. The summed E-state index contributed by atoms with van der Waals surface area (Å²) in [5.74, 6) is 0. The van der Waals surface area contributed by atoms with Crippen molar-refractivity contribution in [2.45, 2.75) is 7.43 Å². The first-order valence-electron chi connectivity index (χ1n) is 3.26. The number of pyridine rings is 1. The van der Waals surface area contributed by atoms with Crippen LogP contribution in [0.1, 0.15) is 7.43 Å². The third kappa shape index (κ3) is 3.21. The smallest absolute Gasteiger partial charge is 0.0701 e. The van der Waals surface area contributed by atoms with Gasteiger partial charge in [-0.25, -0.2) is 0 Å². The molecule has 0 saturated carbocycles. The average molecular weight is 218 g/mol. The molecule has 0 N–H and O–H groups in total. The van der Waals surface area contributed by atoms with Gasteiger partial charge in [-0.2, -0.15) is 0 Å². The summed E-state index contributed by atoms with van der Waals surface area (Å²) in [5, 5.41) is 1.20. The number of hydrogen-bond donors (Lipinski definition) is 0. The van der Waals surface area contributed by atoms with Gasteiger partial charge < -0.3 is 0 Å². The lowest BCUT2D eigenvalue weighted by Crippen LogP contribution is -1.73. The number of hydrogen-bond acceptors (Lipinski definition) is 1. The van der Waals surface area contributed by atoms with Crippen molar-refractivity contribution in [2.75, 3.05) is 0 Å². The fraction of sp³-hybridized carbons (Fsp3) is 0.100. The highest BCUT2D eigenvalue weighted by Gasteiger charge is 1.86. The van der Waals surface area contributed by atoms with Crippen molar-refractivity contribution in [3.8, 4) is 0 Å². The van der Waals surface area contributed by atoms with E-state index >= 15 is 0 Å². The van der Waals surface area contributed by atoms with Gasteiger partial charge in [-0.3, -0.25) is 4.98 Å². The fourth-order valence-corrected chi connectivity index (χ4v) is 1.02. The van der Waals surface area contributed by atoms with Crippen molar-refractivity contribution in [2.24, 2.45) is 0 Å². The molecule has 0 aliphatic heterocycles. The molecule has 72 valence electrons. The zero-order chi connectivity index (χ0) is 6.81. The summed E-state index contributed by atoms with van der Waals surface area (Å²) < 4.78 is 0. The highest BCUT2D eigenvalue weighted by molar-refractivity contribution is 5.85. The van der Waals surface area contributed by atoms with Gasteiger partial charge in [0.15, 0.2) is 0 Å². The molecular weight excluding hydrogens is 205 g/mol. The van der Waals surface area contributed by atoms with Crippen molar-refractivity contribution in [1.29, 1.82) is 0 Å². The molecule has 0 amide bonds. The minimum atomic E-state index is 0. The number of aromatic nitrogens is 1. The maximum absolute atomic E-state index is 4.18. The van der Waals surface area contributed by atoms with Crippen LogP contribution in [0.5, 0.6) is 0 Å². The first kappa shape index (κ1) is 14.7. The average Bonchev–Trinajstić information content (AvgIpc) is 2.05. The Morgan fingerprint density at radius 2 is 1.46 bits per heavy atom. The first-order valence-corrected chi connectivity index (χ1v) is 3.26. The van der Waals surface area contributed by atoms with Crippen LogP contribution < -0.4 is 0 Å². The Morgan fingerprint density at radius 1 is 0.846 bits per heavy atom. The molecule has 1 heterocycles. The minimum Gasteiger partial charge on any atom is -0.256 e. The van der Waals surface area contributed by atoms with Crippen LogP contribution in [-0.2, 0) is 0 Å². The maximum Gasteiger partial charge on any atom is 0.0701 e. The van der Waals surface area contributed by atoms with Crippen molar-refractivity contribution >= 4 is 35.7 Å². The van der Waals surface area contributed by atoms with Gasteiger partial charge >= 0.3 is 0 Å². The number of rotatable bonds is 0. The van der Waals surface area contributed by atoms with Gasteiger partial charge in [0.25, 0.3) is 0 Å². The second-order valence-corrected chi connectivity index (χ2v) is 2.20. The molecule has 1 aromatic heterocycles. The summed E-state index contributed by atoms with van der Waals surface area (Å²) in [4.78, 5) is 4.18. The molecule has 0 aliphatic carbocycles. The van der Waals surface area contributed by atoms with E-state index < -0.39 is 0 Å². The molecule has 1 aromatic carbocycles. The Balaban J connectivity index is 0. The molecule has 0 bridgehead atoms. The minimum absolute atomic E-state index is 0. The molecule has 2 rings (SSSR count). The van der Waals surface area contributed by atoms with Gasteiger partial charge in [0, 0.05) is 11.6 Å². The lowest BCUT2D eigenvalue weighted by molar-refractivity contribution is 1.41. The molecule has 0 aliphatic rings. The highest BCUT2D eigenvalue weighted by Crippen LogP contribution is 2.07. The van der Waals surface area contributed by atoms with E-state index in [1.54, 1.807) is 0 Å². The largest absolute Gasteiger partial charge is 0.256 e. The van der Waals surface area contributed by atoms with Crippen molar-refractivity contribution < 1.29 is 0 Å².